The second-order valence-corrected chi connectivity index (χ2v) is 7.15. The maximum absolute atomic E-state index is 4.39. The molecule has 0 fully saturated rings. The van der Waals surface area contributed by atoms with Crippen LogP contribution in [0.15, 0.2) is 58.5 Å². The fourth-order valence-corrected chi connectivity index (χ4v) is 3.32. The Morgan fingerprint density at radius 3 is 2.54 bits per heavy atom. The number of benzene rings is 1. The van der Waals surface area contributed by atoms with Gasteiger partial charge in [-0.15, -0.1) is 35.7 Å². The Morgan fingerprint density at radius 1 is 1.25 bits per heavy atom. The number of aliphatic imine (C=N–C) groups is 1. The van der Waals surface area contributed by atoms with Gasteiger partial charge in [-0.3, -0.25) is 4.99 Å². The fraction of sp³-hybridized carbons (Fsp3) is 0.389. The van der Waals surface area contributed by atoms with Crippen molar-refractivity contribution in [3.63, 3.8) is 0 Å². The molecule has 2 rings (SSSR count). The molecule has 0 spiro atoms. The zero-order valence-electron chi connectivity index (χ0n) is 14.8. The molecule has 0 aliphatic rings. The average Bonchev–Trinajstić information content (AvgIpc) is 2.94. The summed E-state index contributed by atoms with van der Waals surface area (Å²) in [5.41, 5.74) is 1.27. The van der Waals surface area contributed by atoms with Crippen molar-refractivity contribution in [2.24, 2.45) is 12.0 Å². The third-order valence-electron chi connectivity index (χ3n) is 3.65. The first-order chi connectivity index (χ1) is 11.1. The van der Waals surface area contributed by atoms with Crippen molar-refractivity contribution in [1.29, 1.82) is 0 Å². The molecule has 1 atom stereocenters. The van der Waals surface area contributed by atoms with Gasteiger partial charge in [-0.05, 0) is 24.3 Å². The van der Waals surface area contributed by atoms with Crippen LogP contribution in [0.4, 0.5) is 0 Å². The Balaban J connectivity index is 0.00000288. The molecule has 1 unspecified atom stereocenters. The Labute approximate surface area is 166 Å². The Kier molecular flexibility index (Phi) is 9.28. The molecule has 0 bridgehead atoms. The van der Waals surface area contributed by atoms with Gasteiger partial charge >= 0.3 is 0 Å². The summed E-state index contributed by atoms with van der Waals surface area (Å²) in [7, 11) is 5.97. The van der Waals surface area contributed by atoms with Gasteiger partial charge in [0.05, 0.1) is 6.54 Å². The lowest BCUT2D eigenvalue weighted by molar-refractivity contribution is 0.462. The molecule has 132 valence electrons. The average molecular weight is 458 g/mol. The summed E-state index contributed by atoms with van der Waals surface area (Å²) in [5.74, 6) is 0.923. The number of aryl methyl sites for hydroxylation is 1. The first kappa shape index (κ1) is 20.9. The molecular formula is C18H27IN4S. The van der Waals surface area contributed by atoms with Crippen molar-refractivity contribution < 1.29 is 0 Å². The number of nitrogens with one attached hydrogen (secondary N) is 1. The monoisotopic (exact) mass is 458 g/mol. The molecule has 0 saturated heterocycles. The van der Waals surface area contributed by atoms with Crippen LogP contribution in [0.2, 0.25) is 0 Å². The molecule has 0 aliphatic heterocycles. The van der Waals surface area contributed by atoms with E-state index >= 15 is 0 Å². The largest absolute Gasteiger partial charge is 0.355 e. The lowest BCUT2D eigenvalue weighted by atomic mass is 10.4. The van der Waals surface area contributed by atoms with E-state index in [1.54, 1.807) is 0 Å². The highest BCUT2D eigenvalue weighted by Crippen LogP contribution is 2.21. The molecule has 1 heterocycles. The van der Waals surface area contributed by atoms with Gasteiger partial charge in [0.25, 0.3) is 0 Å². The first-order valence-corrected chi connectivity index (χ1v) is 8.72. The summed E-state index contributed by atoms with van der Waals surface area (Å²) in [6.45, 7) is 3.95. The van der Waals surface area contributed by atoms with Crippen molar-refractivity contribution in [3.05, 3.63) is 54.4 Å². The molecule has 1 aromatic heterocycles. The molecule has 0 aliphatic carbocycles. The van der Waals surface area contributed by atoms with Crippen molar-refractivity contribution in [2.75, 3.05) is 20.6 Å². The molecule has 0 saturated carbocycles. The first-order valence-electron chi connectivity index (χ1n) is 7.84. The summed E-state index contributed by atoms with van der Waals surface area (Å²) < 4.78 is 2.14. The van der Waals surface area contributed by atoms with Crippen LogP contribution < -0.4 is 5.32 Å². The van der Waals surface area contributed by atoms with E-state index in [2.05, 4.69) is 83.4 Å². The minimum absolute atomic E-state index is 0. The number of guanidine groups is 1. The van der Waals surface area contributed by atoms with Crippen LogP contribution in [-0.4, -0.2) is 41.3 Å². The van der Waals surface area contributed by atoms with E-state index in [9.17, 15) is 0 Å². The van der Waals surface area contributed by atoms with Crippen LogP contribution in [0.5, 0.6) is 0 Å². The fourth-order valence-electron chi connectivity index (χ4n) is 2.37. The normalized spacial score (nSPS) is 12.4. The number of hydrogen-bond donors (Lipinski definition) is 1. The van der Waals surface area contributed by atoms with Crippen LogP contribution in [0.3, 0.4) is 0 Å². The zero-order chi connectivity index (χ0) is 16.7. The van der Waals surface area contributed by atoms with Gasteiger partial charge in [0.1, 0.15) is 0 Å². The van der Waals surface area contributed by atoms with Crippen LogP contribution in [0.1, 0.15) is 12.6 Å². The van der Waals surface area contributed by atoms with E-state index in [1.165, 1.54) is 10.6 Å². The lowest BCUT2D eigenvalue weighted by Gasteiger charge is -2.23. The standard InChI is InChI=1S/C18H26N4S.HI/c1-15(23-17-10-6-5-7-11-17)13-20-18(19-2)22(4)14-16-9-8-12-21(16)3;/h5-12,15H,13-14H2,1-4H3,(H,19,20);1H. The third kappa shape index (κ3) is 6.39. The topological polar surface area (TPSA) is 32.6 Å². The van der Waals surface area contributed by atoms with Gasteiger partial charge in [0.15, 0.2) is 5.96 Å². The number of thioether (sulfide) groups is 1. The lowest BCUT2D eigenvalue weighted by Crippen LogP contribution is -2.41. The predicted octanol–water partition coefficient (Wildman–Crippen LogP) is 3.83. The number of halogens is 1. The van der Waals surface area contributed by atoms with Gasteiger partial charge in [0.2, 0.25) is 0 Å². The van der Waals surface area contributed by atoms with Gasteiger partial charge < -0.3 is 14.8 Å². The van der Waals surface area contributed by atoms with Gasteiger partial charge in [-0.25, -0.2) is 0 Å². The Morgan fingerprint density at radius 2 is 1.96 bits per heavy atom. The summed E-state index contributed by atoms with van der Waals surface area (Å²) in [5, 5.41) is 3.94. The van der Waals surface area contributed by atoms with Crippen LogP contribution in [0.25, 0.3) is 0 Å². The maximum atomic E-state index is 4.39. The Hall–Kier alpha value is -1.15. The molecule has 2 aromatic rings. The smallest absolute Gasteiger partial charge is 0.193 e. The summed E-state index contributed by atoms with van der Waals surface area (Å²) >= 11 is 1.88. The van der Waals surface area contributed by atoms with E-state index in [4.69, 9.17) is 0 Å². The second kappa shape index (κ2) is 10.7. The number of nitrogens with zero attached hydrogens (tertiary/aromatic N) is 3. The summed E-state index contributed by atoms with van der Waals surface area (Å²) in [6, 6.07) is 14.7. The predicted molar refractivity (Wildman–Crippen MR) is 115 cm³/mol. The van der Waals surface area contributed by atoms with E-state index in [1.807, 2.05) is 24.9 Å². The van der Waals surface area contributed by atoms with Crippen LogP contribution >= 0.6 is 35.7 Å². The molecule has 0 amide bonds. The van der Waals surface area contributed by atoms with Crippen molar-refractivity contribution >= 4 is 41.7 Å². The highest BCUT2D eigenvalue weighted by molar-refractivity contribution is 14.0. The number of rotatable bonds is 6. The van der Waals surface area contributed by atoms with Crippen molar-refractivity contribution in [1.82, 2.24) is 14.8 Å². The van der Waals surface area contributed by atoms with Gasteiger partial charge in [-0.2, -0.15) is 0 Å². The molecule has 4 nitrogen and oxygen atoms in total. The highest BCUT2D eigenvalue weighted by atomic mass is 127. The highest BCUT2D eigenvalue weighted by Gasteiger charge is 2.10. The maximum Gasteiger partial charge on any atom is 0.193 e. The Bertz CT molecular complexity index is 627. The van der Waals surface area contributed by atoms with E-state index in [0.717, 1.165) is 19.0 Å². The molecule has 24 heavy (non-hydrogen) atoms. The molecule has 1 N–H and O–H groups in total. The van der Waals surface area contributed by atoms with Crippen LogP contribution in [-0.2, 0) is 13.6 Å². The number of hydrogen-bond acceptors (Lipinski definition) is 2. The van der Waals surface area contributed by atoms with E-state index in [-0.39, 0.29) is 24.0 Å². The van der Waals surface area contributed by atoms with E-state index < -0.39 is 0 Å². The number of aromatic nitrogens is 1. The second-order valence-electron chi connectivity index (χ2n) is 5.64. The van der Waals surface area contributed by atoms with E-state index in [0.29, 0.717) is 5.25 Å². The summed E-state index contributed by atoms with van der Waals surface area (Å²) in [6.07, 6.45) is 2.07. The van der Waals surface area contributed by atoms with Crippen LogP contribution in [0, 0.1) is 0 Å². The quantitative estimate of drug-likeness (QED) is 0.309. The zero-order valence-corrected chi connectivity index (χ0v) is 17.9. The molecule has 0 radical (unpaired) electrons. The SMILES string of the molecule is CN=C(NCC(C)Sc1ccccc1)N(C)Cc1cccn1C.I. The minimum Gasteiger partial charge on any atom is -0.355 e. The molecule has 6 heteroatoms. The van der Waals surface area contributed by atoms with Crippen molar-refractivity contribution in [3.8, 4) is 0 Å². The summed E-state index contributed by atoms with van der Waals surface area (Å²) in [4.78, 5) is 7.84. The van der Waals surface area contributed by atoms with Gasteiger partial charge in [-0.1, -0.05) is 25.1 Å². The molecular weight excluding hydrogens is 431 g/mol. The minimum atomic E-state index is 0. The van der Waals surface area contributed by atoms with Gasteiger partial charge in [0, 0.05) is 49.7 Å². The van der Waals surface area contributed by atoms with Crippen molar-refractivity contribution in [2.45, 2.75) is 23.6 Å². The third-order valence-corrected chi connectivity index (χ3v) is 4.77. The molecule has 1 aromatic carbocycles.